The van der Waals surface area contributed by atoms with E-state index in [9.17, 15) is 9.18 Å². The van der Waals surface area contributed by atoms with Gasteiger partial charge in [-0.15, -0.1) is 11.3 Å². The standard InChI is InChI=1S/C12H7FN2OS/c13-10-3-1-2-8(6-10)11(16)15-12-9(7-14)4-5-17-12/h1-6H,(H,15,16). The number of rotatable bonds is 2. The van der Waals surface area contributed by atoms with Gasteiger partial charge in [-0.3, -0.25) is 4.79 Å². The summed E-state index contributed by atoms with van der Waals surface area (Å²) in [4.78, 5) is 11.8. The highest BCUT2D eigenvalue weighted by atomic mass is 32.1. The second-order valence-corrected chi connectivity index (χ2v) is 4.16. The molecule has 0 aliphatic carbocycles. The first-order valence-electron chi connectivity index (χ1n) is 4.75. The minimum Gasteiger partial charge on any atom is -0.312 e. The molecule has 2 aromatic rings. The van der Waals surface area contributed by atoms with Crippen molar-refractivity contribution in [3.05, 3.63) is 52.7 Å². The van der Waals surface area contributed by atoms with Crippen LogP contribution < -0.4 is 5.32 Å². The molecular formula is C12H7FN2OS. The molecule has 0 aliphatic rings. The fraction of sp³-hybridized carbons (Fsp3) is 0. The van der Waals surface area contributed by atoms with Crippen molar-refractivity contribution in [1.29, 1.82) is 5.26 Å². The second-order valence-electron chi connectivity index (χ2n) is 3.24. The van der Waals surface area contributed by atoms with Crippen molar-refractivity contribution in [2.24, 2.45) is 0 Å². The van der Waals surface area contributed by atoms with Gasteiger partial charge in [0.15, 0.2) is 0 Å². The normalized spacial score (nSPS) is 9.65. The van der Waals surface area contributed by atoms with Crippen molar-refractivity contribution in [2.75, 3.05) is 5.32 Å². The van der Waals surface area contributed by atoms with Crippen LogP contribution in [0.1, 0.15) is 15.9 Å². The molecule has 1 aromatic heterocycles. The molecule has 1 N–H and O–H groups in total. The molecule has 0 unspecified atom stereocenters. The average Bonchev–Trinajstić information content (AvgIpc) is 2.76. The molecule has 2 rings (SSSR count). The van der Waals surface area contributed by atoms with E-state index in [0.717, 1.165) is 6.07 Å². The van der Waals surface area contributed by atoms with Crippen LogP contribution >= 0.6 is 11.3 Å². The molecule has 0 aliphatic heterocycles. The van der Waals surface area contributed by atoms with E-state index < -0.39 is 11.7 Å². The summed E-state index contributed by atoms with van der Waals surface area (Å²) in [5, 5.41) is 13.5. The third-order valence-corrected chi connectivity index (χ3v) is 2.93. The first kappa shape index (κ1) is 11.3. The van der Waals surface area contributed by atoms with Crippen LogP contribution in [0.3, 0.4) is 0 Å². The van der Waals surface area contributed by atoms with E-state index in [-0.39, 0.29) is 5.56 Å². The molecule has 1 amide bonds. The Bertz CT molecular complexity index is 601. The molecular weight excluding hydrogens is 239 g/mol. The molecule has 5 heteroatoms. The van der Waals surface area contributed by atoms with Gasteiger partial charge < -0.3 is 5.32 Å². The van der Waals surface area contributed by atoms with E-state index in [1.807, 2.05) is 6.07 Å². The summed E-state index contributed by atoms with van der Waals surface area (Å²) in [6, 6.07) is 8.97. The highest BCUT2D eigenvalue weighted by Crippen LogP contribution is 2.22. The van der Waals surface area contributed by atoms with Crippen LogP contribution in [0.4, 0.5) is 9.39 Å². The lowest BCUT2D eigenvalue weighted by Crippen LogP contribution is -2.11. The van der Waals surface area contributed by atoms with Gasteiger partial charge in [0.2, 0.25) is 0 Å². The van der Waals surface area contributed by atoms with Crippen LogP contribution in [0.15, 0.2) is 35.7 Å². The van der Waals surface area contributed by atoms with Crippen LogP contribution in [0.2, 0.25) is 0 Å². The second kappa shape index (κ2) is 4.76. The molecule has 17 heavy (non-hydrogen) atoms. The van der Waals surface area contributed by atoms with Crippen LogP contribution in [0.25, 0.3) is 0 Å². The highest BCUT2D eigenvalue weighted by molar-refractivity contribution is 7.14. The fourth-order valence-electron chi connectivity index (χ4n) is 1.30. The van der Waals surface area contributed by atoms with Crippen LogP contribution in [-0.2, 0) is 0 Å². The predicted octanol–water partition coefficient (Wildman–Crippen LogP) is 3.01. The Labute approximate surface area is 101 Å². The predicted molar refractivity (Wildman–Crippen MR) is 63.4 cm³/mol. The summed E-state index contributed by atoms with van der Waals surface area (Å²) in [5.41, 5.74) is 0.627. The monoisotopic (exact) mass is 246 g/mol. The maximum absolute atomic E-state index is 12.9. The molecule has 0 radical (unpaired) electrons. The summed E-state index contributed by atoms with van der Waals surface area (Å²) in [6.07, 6.45) is 0. The summed E-state index contributed by atoms with van der Waals surface area (Å²) in [7, 11) is 0. The number of nitrogens with one attached hydrogen (secondary N) is 1. The number of hydrogen-bond acceptors (Lipinski definition) is 3. The average molecular weight is 246 g/mol. The molecule has 0 fully saturated rings. The molecule has 0 saturated carbocycles. The molecule has 1 heterocycles. The summed E-state index contributed by atoms with van der Waals surface area (Å²) >= 11 is 1.25. The van der Waals surface area contributed by atoms with Crippen molar-refractivity contribution in [2.45, 2.75) is 0 Å². The summed E-state index contributed by atoms with van der Waals surface area (Å²) in [6.45, 7) is 0. The molecule has 1 aromatic carbocycles. The largest absolute Gasteiger partial charge is 0.312 e. The van der Waals surface area contributed by atoms with E-state index in [0.29, 0.717) is 10.6 Å². The number of nitrogens with zero attached hydrogens (tertiary/aromatic N) is 1. The van der Waals surface area contributed by atoms with Crippen LogP contribution in [-0.4, -0.2) is 5.91 Å². The van der Waals surface area contributed by atoms with Crippen molar-refractivity contribution in [3.63, 3.8) is 0 Å². The number of carbonyl (C=O) groups excluding carboxylic acids is 1. The molecule has 0 atom stereocenters. The Kier molecular flexibility index (Phi) is 3.17. The zero-order chi connectivity index (χ0) is 12.3. The first-order valence-corrected chi connectivity index (χ1v) is 5.63. The van der Waals surface area contributed by atoms with Crippen molar-refractivity contribution in [1.82, 2.24) is 0 Å². The number of hydrogen-bond donors (Lipinski definition) is 1. The minimum absolute atomic E-state index is 0.224. The Morgan fingerprint density at radius 3 is 2.94 bits per heavy atom. The van der Waals surface area contributed by atoms with Gasteiger partial charge in [0.25, 0.3) is 5.91 Å². The van der Waals surface area contributed by atoms with Gasteiger partial charge in [-0.05, 0) is 29.6 Å². The van der Waals surface area contributed by atoms with Crippen molar-refractivity contribution in [3.8, 4) is 6.07 Å². The highest BCUT2D eigenvalue weighted by Gasteiger charge is 2.10. The maximum atomic E-state index is 12.9. The topological polar surface area (TPSA) is 52.9 Å². The molecule has 0 saturated heterocycles. The lowest BCUT2D eigenvalue weighted by Gasteiger charge is -2.03. The lowest BCUT2D eigenvalue weighted by molar-refractivity contribution is 0.102. The van der Waals surface area contributed by atoms with E-state index in [4.69, 9.17) is 5.26 Å². The zero-order valence-corrected chi connectivity index (χ0v) is 9.42. The minimum atomic E-state index is -0.468. The third-order valence-electron chi connectivity index (χ3n) is 2.10. The van der Waals surface area contributed by atoms with Gasteiger partial charge >= 0.3 is 0 Å². The SMILES string of the molecule is N#Cc1ccsc1NC(=O)c1cccc(F)c1. The number of nitriles is 1. The van der Waals surface area contributed by atoms with Gasteiger partial charge in [-0.2, -0.15) is 5.26 Å². The number of amides is 1. The fourth-order valence-corrected chi connectivity index (χ4v) is 2.03. The summed E-state index contributed by atoms with van der Waals surface area (Å²) in [5.74, 6) is -0.896. The quantitative estimate of drug-likeness (QED) is 0.885. The Morgan fingerprint density at radius 2 is 2.24 bits per heavy atom. The molecule has 84 valence electrons. The Hall–Kier alpha value is -2.19. The van der Waals surface area contributed by atoms with E-state index in [1.165, 1.54) is 29.5 Å². The van der Waals surface area contributed by atoms with Crippen molar-refractivity contribution < 1.29 is 9.18 Å². The van der Waals surface area contributed by atoms with Crippen LogP contribution in [0, 0.1) is 17.1 Å². The van der Waals surface area contributed by atoms with E-state index in [1.54, 1.807) is 11.4 Å². The maximum Gasteiger partial charge on any atom is 0.256 e. The number of benzene rings is 1. The molecule has 0 bridgehead atoms. The Morgan fingerprint density at radius 1 is 1.41 bits per heavy atom. The smallest absolute Gasteiger partial charge is 0.256 e. The molecule has 0 spiro atoms. The van der Waals surface area contributed by atoms with Gasteiger partial charge in [-0.25, -0.2) is 4.39 Å². The van der Waals surface area contributed by atoms with E-state index >= 15 is 0 Å². The van der Waals surface area contributed by atoms with Gasteiger partial charge in [0.05, 0.1) is 5.56 Å². The zero-order valence-electron chi connectivity index (χ0n) is 8.61. The molecule has 3 nitrogen and oxygen atoms in total. The van der Waals surface area contributed by atoms with E-state index in [2.05, 4.69) is 5.32 Å². The van der Waals surface area contributed by atoms with Gasteiger partial charge in [0, 0.05) is 5.56 Å². The van der Waals surface area contributed by atoms with Crippen LogP contribution in [0.5, 0.6) is 0 Å². The van der Waals surface area contributed by atoms with Crippen molar-refractivity contribution >= 4 is 22.2 Å². The van der Waals surface area contributed by atoms with Gasteiger partial charge in [0.1, 0.15) is 16.9 Å². The summed E-state index contributed by atoms with van der Waals surface area (Å²) < 4.78 is 12.9. The Balaban J connectivity index is 2.21. The number of carbonyl (C=O) groups is 1. The number of thiophene rings is 1. The number of halogens is 1. The lowest BCUT2D eigenvalue weighted by atomic mass is 10.2. The number of anilines is 1. The first-order chi connectivity index (χ1) is 8.20. The third kappa shape index (κ3) is 2.49. The van der Waals surface area contributed by atoms with Gasteiger partial charge in [-0.1, -0.05) is 6.07 Å².